The molecule has 0 radical (unpaired) electrons. The van der Waals surface area contributed by atoms with E-state index >= 15 is 0 Å². The van der Waals surface area contributed by atoms with E-state index in [1.165, 1.54) is 32.6 Å². The first kappa shape index (κ1) is 15.2. The molecule has 0 spiro atoms. The number of hydrogen-bond acceptors (Lipinski definition) is 2. The number of carbonyl (C=O) groups is 1. The van der Waals surface area contributed by atoms with Crippen molar-refractivity contribution in [1.82, 2.24) is 0 Å². The van der Waals surface area contributed by atoms with Gasteiger partial charge in [0.2, 0.25) is 0 Å². The molecular formula is C9H20CaO2. The second-order valence-electron chi connectivity index (χ2n) is 2.75. The van der Waals surface area contributed by atoms with Gasteiger partial charge in [0, 0.05) is 6.92 Å². The summed E-state index contributed by atoms with van der Waals surface area (Å²) in [5.41, 5.74) is 0. The quantitative estimate of drug-likeness (QED) is 0.374. The Bertz CT molecular complexity index is 113. The van der Waals surface area contributed by atoms with Gasteiger partial charge in [-0.15, -0.1) is 0 Å². The van der Waals surface area contributed by atoms with E-state index < -0.39 is 0 Å². The van der Waals surface area contributed by atoms with Crippen molar-refractivity contribution in [2.75, 3.05) is 6.61 Å². The Balaban J connectivity index is -0.000000167. The van der Waals surface area contributed by atoms with Crippen LogP contribution >= 0.6 is 0 Å². The number of ether oxygens (including phenoxy) is 1. The predicted octanol–water partition coefficient (Wildman–Crippen LogP) is 2.36. The molecular weight excluding hydrogens is 180 g/mol. The van der Waals surface area contributed by atoms with E-state index in [2.05, 4.69) is 6.92 Å². The fourth-order valence-corrected chi connectivity index (χ4v) is 0.922. The van der Waals surface area contributed by atoms with Crippen LogP contribution in [0.1, 0.15) is 48.8 Å². The van der Waals surface area contributed by atoms with E-state index in [-0.39, 0.29) is 46.6 Å². The topological polar surface area (TPSA) is 26.3 Å². The van der Waals surface area contributed by atoms with E-state index in [1.54, 1.807) is 0 Å². The fraction of sp³-hybridized carbons (Fsp3) is 0.889. The minimum atomic E-state index is -0.166. The second-order valence-corrected chi connectivity index (χ2v) is 2.75. The van der Waals surface area contributed by atoms with Crippen molar-refractivity contribution in [3.63, 3.8) is 0 Å². The SMILES string of the molecule is CCCCCCCOC(C)=O.[Ca+2].[H-].[H-]. The fourth-order valence-electron chi connectivity index (χ4n) is 0.922. The number of rotatable bonds is 6. The predicted molar refractivity (Wildman–Crippen MR) is 53.4 cm³/mol. The summed E-state index contributed by atoms with van der Waals surface area (Å²) in [6.07, 6.45) is 6.01. The molecule has 0 unspecified atom stereocenters. The third-order valence-corrected chi connectivity index (χ3v) is 1.55. The van der Waals surface area contributed by atoms with Gasteiger partial charge in [-0.2, -0.15) is 0 Å². The maximum atomic E-state index is 10.3. The molecule has 0 aromatic rings. The molecule has 0 N–H and O–H groups in total. The average molecular weight is 200 g/mol. The Morgan fingerprint density at radius 3 is 2.33 bits per heavy atom. The van der Waals surface area contributed by atoms with E-state index in [1.807, 2.05) is 0 Å². The minimum absolute atomic E-state index is 0. The molecule has 0 aliphatic rings. The average Bonchev–Trinajstić information content (AvgIpc) is 1.96. The molecule has 0 bridgehead atoms. The van der Waals surface area contributed by atoms with Crippen LogP contribution in [0.4, 0.5) is 0 Å². The van der Waals surface area contributed by atoms with Crippen molar-refractivity contribution < 1.29 is 12.4 Å². The van der Waals surface area contributed by atoms with Crippen LogP contribution in [0.15, 0.2) is 0 Å². The zero-order chi connectivity index (χ0) is 8.53. The molecule has 0 aromatic heterocycles. The Morgan fingerprint density at radius 2 is 1.83 bits per heavy atom. The van der Waals surface area contributed by atoms with Crippen molar-refractivity contribution in [1.29, 1.82) is 0 Å². The van der Waals surface area contributed by atoms with Crippen molar-refractivity contribution in [2.45, 2.75) is 46.0 Å². The van der Waals surface area contributed by atoms with Crippen LogP contribution in [0, 0.1) is 0 Å². The third-order valence-electron chi connectivity index (χ3n) is 1.55. The van der Waals surface area contributed by atoms with E-state index in [0.717, 1.165) is 6.42 Å². The zero-order valence-corrected chi connectivity index (χ0v) is 10.5. The van der Waals surface area contributed by atoms with Gasteiger partial charge in [-0.1, -0.05) is 32.6 Å². The van der Waals surface area contributed by atoms with Gasteiger partial charge >= 0.3 is 43.7 Å². The summed E-state index contributed by atoms with van der Waals surface area (Å²) in [7, 11) is 0. The first-order valence-corrected chi connectivity index (χ1v) is 4.40. The first-order valence-electron chi connectivity index (χ1n) is 4.40. The van der Waals surface area contributed by atoms with Gasteiger partial charge in [-0.25, -0.2) is 0 Å². The smallest absolute Gasteiger partial charge is 1.00 e. The molecule has 12 heavy (non-hydrogen) atoms. The van der Waals surface area contributed by atoms with Crippen molar-refractivity contribution in [3.05, 3.63) is 0 Å². The van der Waals surface area contributed by atoms with Crippen LogP contribution in [-0.2, 0) is 9.53 Å². The summed E-state index contributed by atoms with van der Waals surface area (Å²) in [4.78, 5) is 10.3. The Hall–Kier alpha value is 0.730. The normalized spacial score (nSPS) is 8.83. The Kier molecular flexibility index (Phi) is 14.9. The molecule has 3 heteroatoms. The van der Waals surface area contributed by atoms with Crippen LogP contribution < -0.4 is 0 Å². The van der Waals surface area contributed by atoms with E-state index in [0.29, 0.717) is 6.61 Å². The van der Waals surface area contributed by atoms with Gasteiger partial charge < -0.3 is 7.59 Å². The van der Waals surface area contributed by atoms with Gasteiger partial charge in [0.1, 0.15) is 0 Å². The van der Waals surface area contributed by atoms with Crippen LogP contribution in [0.25, 0.3) is 0 Å². The van der Waals surface area contributed by atoms with Gasteiger partial charge in [0.25, 0.3) is 0 Å². The molecule has 0 atom stereocenters. The summed E-state index contributed by atoms with van der Waals surface area (Å²) in [5.74, 6) is -0.166. The number of esters is 1. The minimum Gasteiger partial charge on any atom is -1.00 e. The molecule has 0 saturated carbocycles. The van der Waals surface area contributed by atoms with E-state index in [9.17, 15) is 4.79 Å². The third kappa shape index (κ3) is 13.3. The van der Waals surface area contributed by atoms with Gasteiger partial charge in [0.05, 0.1) is 6.61 Å². The van der Waals surface area contributed by atoms with Crippen molar-refractivity contribution in [3.8, 4) is 0 Å². The maximum Gasteiger partial charge on any atom is 2.00 e. The Morgan fingerprint density at radius 1 is 1.25 bits per heavy atom. The van der Waals surface area contributed by atoms with Crippen LogP contribution in [-0.4, -0.2) is 50.3 Å². The van der Waals surface area contributed by atoms with Crippen LogP contribution in [0.2, 0.25) is 0 Å². The molecule has 0 heterocycles. The summed E-state index contributed by atoms with van der Waals surface area (Å²) in [6.45, 7) is 4.23. The van der Waals surface area contributed by atoms with Crippen molar-refractivity contribution >= 4 is 43.7 Å². The standard InChI is InChI=1S/C9H18O2.Ca.2H/c1-3-4-5-6-7-8-11-9(2)10;;;/h3-8H2,1-2H3;;;/q;+2;2*-1. The number of hydrogen-bond donors (Lipinski definition) is 0. The van der Waals surface area contributed by atoms with Gasteiger partial charge in [-0.3, -0.25) is 4.79 Å². The summed E-state index contributed by atoms with van der Waals surface area (Å²) in [5, 5.41) is 0. The van der Waals surface area contributed by atoms with Crippen molar-refractivity contribution in [2.24, 2.45) is 0 Å². The van der Waals surface area contributed by atoms with Crippen LogP contribution in [0.5, 0.6) is 0 Å². The first-order chi connectivity index (χ1) is 5.27. The van der Waals surface area contributed by atoms with E-state index in [4.69, 9.17) is 4.74 Å². The Labute approximate surface area is 108 Å². The molecule has 0 fully saturated rings. The monoisotopic (exact) mass is 200 g/mol. The molecule has 0 aliphatic carbocycles. The summed E-state index contributed by atoms with van der Waals surface area (Å²) >= 11 is 0. The zero-order valence-electron chi connectivity index (χ0n) is 10.3. The van der Waals surface area contributed by atoms with Gasteiger partial charge in [0.15, 0.2) is 0 Å². The molecule has 0 aliphatic heterocycles. The number of carbonyl (C=O) groups excluding carboxylic acids is 1. The molecule has 0 amide bonds. The summed E-state index contributed by atoms with van der Waals surface area (Å²) in [6, 6.07) is 0. The maximum absolute atomic E-state index is 10.3. The largest absolute Gasteiger partial charge is 2.00 e. The molecule has 0 rings (SSSR count). The molecule has 70 valence electrons. The molecule has 0 saturated heterocycles. The summed E-state index contributed by atoms with van der Waals surface area (Å²) < 4.78 is 4.78. The molecule has 0 aromatic carbocycles. The number of unbranched alkanes of at least 4 members (excludes halogenated alkanes) is 4. The molecule has 2 nitrogen and oxygen atoms in total. The van der Waals surface area contributed by atoms with Crippen LogP contribution in [0.3, 0.4) is 0 Å². The van der Waals surface area contributed by atoms with Gasteiger partial charge in [-0.05, 0) is 6.42 Å². The second kappa shape index (κ2) is 11.7.